The monoisotopic (exact) mass is 733 g/mol. The second-order valence-corrected chi connectivity index (χ2v) is 17.5. The number of hydrogen-bond acceptors (Lipinski definition) is 1. The van der Waals surface area contributed by atoms with E-state index in [2.05, 4.69) is 204 Å². The fraction of sp³-hybridized carbons (Fsp3) is 0.179. The molecule has 276 valence electrons. The smallest absolute Gasteiger partial charge is 0.0717 e. The van der Waals surface area contributed by atoms with Gasteiger partial charge in [0.15, 0.2) is 0 Å². The molecule has 1 nitrogen and oxygen atoms in total. The summed E-state index contributed by atoms with van der Waals surface area (Å²) in [5, 5.41) is 7.89. The van der Waals surface area contributed by atoms with Crippen LogP contribution in [-0.4, -0.2) is 0 Å². The topological polar surface area (TPSA) is 3.24 Å². The highest BCUT2D eigenvalue weighted by Crippen LogP contribution is 2.61. The highest BCUT2D eigenvalue weighted by atomic mass is 15.2. The van der Waals surface area contributed by atoms with Crippen LogP contribution in [0.15, 0.2) is 158 Å². The molecule has 0 N–H and O–H groups in total. The van der Waals surface area contributed by atoms with Crippen molar-refractivity contribution in [1.29, 1.82) is 0 Å². The van der Waals surface area contributed by atoms with Gasteiger partial charge in [-0.15, -0.1) is 0 Å². The Hall–Kier alpha value is -6.18. The van der Waals surface area contributed by atoms with Gasteiger partial charge in [-0.2, -0.15) is 0 Å². The standard InChI is InChI=1S/C56H47N/c1-34(2)41-21-26-46-48-30-42-33-55(6,49(42)32-51(48)56(50(46)31-41,43-23-15-35(3)16-24-43)44-25-17-36(4)37(5)29-44)57(45-13-8-7-9-14-45)52-28-22-40-19-18-38-11-10-12-39-20-27-47(52)54(40)53(38)39/h7-32,34H,33H2,1-6H3. The lowest BCUT2D eigenvalue weighted by Crippen LogP contribution is -2.50. The first-order chi connectivity index (χ1) is 27.7. The lowest BCUT2D eigenvalue weighted by atomic mass is 9.63. The molecule has 0 aliphatic heterocycles. The van der Waals surface area contributed by atoms with Crippen LogP contribution >= 0.6 is 0 Å². The van der Waals surface area contributed by atoms with Crippen LogP contribution in [0.3, 0.4) is 0 Å². The minimum Gasteiger partial charge on any atom is -0.331 e. The molecule has 9 aromatic rings. The summed E-state index contributed by atoms with van der Waals surface area (Å²) in [6.45, 7) is 13.8. The maximum Gasteiger partial charge on any atom is 0.0717 e. The average molecular weight is 734 g/mol. The number of para-hydroxylation sites is 1. The van der Waals surface area contributed by atoms with E-state index in [-0.39, 0.29) is 5.54 Å². The van der Waals surface area contributed by atoms with Crippen molar-refractivity contribution in [3.8, 4) is 11.1 Å². The third-order valence-electron chi connectivity index (χ3n) is 13.8. The quantitative estimate of drug-likeness (QED) is 0.154. The Balaban J connectivity index is 1.20. The molecule has 0 amide bonds. The summed E-state index contributed by atoms with van der Waals surface area (Å²) in [7, 11) is 0. The summed E-state index contributed by atoms with van der Waals surface area (Å²) in [4.78, 5) is 2.66. The average Bonchev–Trinajstić information content (AvgIpc) is 3.51. The van der Waals surface area contributed by atoms with E-state index in [1.54, 1.807) is 0 Å². The van der Waals surface area contributed by atoms with Crippen molar-refractivity contribution < 1.29 is 0 Å². The summed E-state index contributed by atoms with van der Waals surface area (Å²) in [6.07, 6.45) is 0.951. The molecule has 57 heavy (non-hydrogen) atoms. The first-order valence-electron chi connectivity index (χ1n) is 20.7. The second kappa shape index (κ2) is 12.2. The number of fused-ring (bicyclic) bond motifs is 4. The van der Waals surface area contributed by atoms with Crippen LogP contribution in [0.4, 0.5) is 11.4 Å². The van der Waals surface area contributed by atoms with Gasteiger partial charge in [0.2, 0.25) is 0 Å². The van der Waals surface area contributed by atoms with E-state index in [0.29, 0.717) is 5.92 Å². The Kier molecular flexibility index (Phi) is 7.27. The van der Waals surface area contributed by atoms with E-state index in [1.807, 2.05) is 0 Å². The molecule has 9 aromatic carbocycles. The third kappa shape index (κ3) is 4.69. The Morgan fingerprint density at radius 1 is 0.526 bits per heavy atom. The summed E-state index contributed by atoms with van der Waals surface area (Å²) < 4.78 is 0. The number of hydrogen-bond donors (Lipinski definition) is 0. The van der Waals surface area contributed by atoms with Gasteiger partial charge in [-0.25, -0.2) is 0 Å². The Morgan fingerprint density at radius 3 is 1.95 bits per heavy atom. The zero-order valence-corrected chi connectivity index (χ0v) is 33.7. The highest BCUT2D eigenvalue weighted by Gasteiger charge is 2.51. The Bertz CT molecular complexity index is 3040. The van der Waals surface area contributed by atoms with E-state index in [0.717, 1.165) is 6.42 Å². The first-order valence-corrected chi connectivity index (χ1v) is 20.7. The molecule has 1 heteroatoms. The van der Waals surface area contributed by atoms with Crippen LogP contribution in [0.1, 0.15) is 82.3 Å². The lowest BCUT2D eigenvalue weighted by molar-refractivity contribution is 0.418. The maximum atomic E-state index is 2.66. The predicted molar refractivity (Wildman–Crippen MR) is 242 cm³/mol. The van der Waals surface area contributed by atoms with Crippen molar-refractivity contribution in [3.05, 3.63) is 213 Å². The Morgan fingerprint density at radius 2 is 1.21 bits per heavy atom. The lowest BCUT2D eigenvalue weighted by Gasteiger charge is -2.51. The first kappa shape index (κ1) is 34.1. The predicted octanol–water partition coefficient (Wildman–Crippen LogP) is 14.6. The molecule has 0 radical (unpaired) electrons. The molecule has 0 saturated carbocycles. The fourth-order valence-electron chi connectivity index (χ4n) is 10.7. The molecule has 2 aliphatic carbocycles. The molecule has 0 saturated heterocycles. The van der Waals surface area contributed by atoms with Crippen molar-refractivity contribution in [2.75, 3.05) is 4.90 Å². The van der Waals surface area contributed by atoms with Gasteiger partial charge in [-0.1, -0.05) is 159 Å². The van der Waals surface area contributed by atoms with Gasteiger partial charge in [0, 0.05) is 23.2 Å². The van der Waals surface area contributed by atoms with Gasteiger partial charge >= 0.3 is 0 Å². The minimum absolute atomic E-state index is 0.297. The summed E-state index contributed by atoms with van der Waals surface area (Å²) in [5.74, 6) is 0.421. The van der Waals surface area contributed by atoms with Crippen molar-refractivity contribution >= 4 is 43.7 Å². The SMILES string of the molecule is Cc1ccc(C2(c3ccc(C)c(C)c3)c3cc(C(C)C)ccc3-c3cc4c(cc32)C(C)(N(c2ccccc2)c2ccc3ccc5cccc6ccc2c3c56)C4)cc1. The molecule has 2 atom stereocenters. The van der Waals surface area contributed by atoms with Gasteiger partial charge in [0.1, 0.15) is 0 Å². The van der Waals surface area contributed by atoms with Gasteiger partial charge in [0.05, 0.1) is 11.0 Å². The Labute approximate surface area is 336 Å². The molecule has 0 bridgehead atoms. The van der Waals surface area contributed by atoms with Crippen molar-refractivity contribution in [3.63, 3.8) is 0 Å². The largest absolute Gasteiger partial charge is 0.331 e. The molecule has 0 spiro atoms. The second-order valence-electron chi connectivity index (χ2n) is 17.5. The van der Waals surface area contributed by atoms with Crippen LogP contribution in [-0.2, 0) is 17.4 Å². The fourth-order valence-corrected chi connectivity index (χ4v) is 10.7. The van der Waals surface area contributed by atoms with Gasteiger partial charge in [0.25, 0.3) is 0 Å². The number of anilines is 2. The van der Waals surface area contributed by atoms with Crippen LogP contribution in [0.25, 0.3) is 43.4 Å². The van der Waals surface area contributed by atoms with E-state index in [9.17, 15) is 0 Å². The van der Waals surface area contributed by atoms with Crippen LogP contribution in [0.2, 0.25) is 0 Å². The van der Waals surface area contributed by atoms with Gasteiger partial charge < -0.3 is 4.90 Å². The molecule has 0 heterocycles. The molecular formula is C56H47N. The third-order valence-corrected chi connectivity index (χ3v) is 13.8. The number of benzene rings is 9. The molecule has 0 aromatic heterocycles. The zero-order valence-electron chi connectivity index (χ0n) is 33.7. The van der Waals surface area contributed by atoms with Crippen LogP contribution < -0.4 is 4.90 Å². The maximum absolute atomic E-state index is 2.66. The van der Waals surface area contributed by atoms with Crippen molar-refractivity contribution in [2.24, 2.45) is 0 Å². The summed E-state index contributed by atoms with van der Waals surface area (Å²) in [6, 6.07) is 60.9. The summed E-state index contributed by atoms with van der Waals surface area (Å²) in [5.41, 5.74) is 18.0. The van der Waals surface area contributed by atoms with E-state index < -0.39 is 5.41 Å². The number of rotatable bonds is 6. The van der Waals surface area contributed by atoms with E-state index in [1.165, 1.54) is 110 Å². The molecule has 11 rings (SSSR count). The van der Waals surface area contributed by atoms with Gasteiger partial charge in [-0.05, 0) is 140 Å². The van der Waals surface area contributed by atoms with Crippen molar-refractivity contribution in [1.82, 2.24) is 0 Å². The zero-order chi connectivity index (χ0) is 38.8. The molecule has 0 fully saturated rings. The van der Waals surface area contributed by atoms with E-state index in [4.69, 9.17) is 0 Å². The van der Waals surface area contributed by atoms with Gasteiger partial charge in [-0.3, -0.25) is 0 Å². The van der Waals surface area contributed by atoms with Crippen molar-refractivity contribution in [2.45, 2.75) is 64.8 Å². The summed E-state index contributed by atoms with van der Waals surface area (Å²) >= 11 is 0. The molecule has 2 unspecified atom stereocenters. The normalized spacial score (nSPS) is 18.2. The minimum atomic E-state index is -0.474. The molecular weight excluding hydrogens is 687 g/mol. The molecule has 2 aliphatic rings. The van der Waals surface area contributed by atoms with E-state index >= 15 is 0 Å². The van der Waals surface area contributed by atoms with Crippen LogP contribution in [0, 0.1) is 20.8 Å². The number of nitrogens with zero attached hydrogens (tertiary/aromatic N) is 1. The number of aryl methyl sites for hydroxylation is 3. The highest BCUT2D eigenvalue weighted by molar-refractivity contribution is 6.25. The van der Waals surface area contributed by atoms with Crippen LogP contribution in [0.5, 0.6) is 0 Å².